The SMILES string of the molecule is CCCCSc1ccc(-c2nn(-c3ccccc3)cc2/C=C2/C(=O)N(CCCOC(C)C)C(=O)C(C#N)=C2C)cc1. The summed E-state index contributed by atoms with van der Waals surface area (Å²) in [4.78, 5) is 29.1. The van der Waals surface area contributed by atoms with E-state index in [-0.39, 0.29) is 18.2 Å². The van der Waals surface area contributed by atoms with Gasteiger partial charge < -0.3 is 4.74 Å². The zero-order valence-electron chi connectivity index (χ0n) is 24.1. The summed E-state index contributed by atoms with van der Waals surface area (Å²) in [6.45, 7) is 8.30. The second-order valence-electron chi connectivity index (χ2n) is 10.1. The Morgan fingerprint density at radius 1 is 1.05 bits per heavy atom. The standard InChI is InChI=1S/C33H36N4O3S/c1-5-6-19-41-28-15-13-25(14-16-28)31-26(22-37(35-31)27-11-8-7-9-12-27)20-29-24(4)30(21-34)33(39)36(32(29)38)17-10-18-40-23(2)3/h7-9,11-16,20,22-23H,5-6,10,17-19H2,1-4H3/b29-20+. The molecule has 7 nitrogen and oxygen atoms in total. The van der Waals surface area contributed by atoms with E-state index in [0.29, 0.717) is 29.9 Å². The monoisotopic (exact) mass is 568 g/mol. The number of amides is 2. The lowest BCUT2D eigenvalue weighted by Gasteiger charge is -2.27. The van der Waals surface area contributed by atoms with Crippen LogP contribution in [0.4, 0.5) is 0 Å². The molecule has 8 heteroatoms. The first-order chi connectivity index (χ1) is 19.8. The number of carbonyl (C=O) groups is 2. The Labute approximate surface area is 246 Å². The van der Waals surface area contributed by atoms with E-state index >= 15 is 0 Å². The molecule has 0 radical (unpaired) electrons. The molecular formula is C33H36N4O3S. The minimum Gasteiger partial charge on any atom is -0.379 e. The summed E-state index contributed by atoms with van der Waals surface area (Å²) < 4.78 is 7.38. The molecule has 0 saturated heterocycles. The number of benzene rings is 2. The van der Waals surface area contributed by atoms with E-state index in [9.17, 15) is 14.9 Å². The first-order valence-corrected chi connectivity index (χ1v) is 15.0. The molecule has 212 valence electrons. The molecule has 0 bridgehead atoms. The summed E-state index contributed by atoms with van der Waals surface area (Å²) in [6.07, 6.45) is 6.51. The molecule has 1 aliphatic heterocycles. The van der Waals surface area contributed by atoms with Crippen LogP contribution >= 0.6 is 11.8 Å². The zero-order valence-corrected chi connectivity index (χ0v) is 24.9. The first kappa shape index (κ1) is 30.0. The maximum Gasteiger partial charge on any atom is 0.271 e. The molecule has 0 fully saturated rings. The minimum atomic E-state index is -0.562. The van der Waals surface area contributed by atoms with Crippen LogP contribution in [0.2, 0.25) is 0 Å². The average Bonchev–Trinajstić information content (AvgIpc) is 3.40. The number of carbonyl (C=O) groups excluding carboxylic acids is 2. The Morgan fingerprint density at radius 2 is 1.78 bits per heavy atom. The summed E-state index contributed by atoms with van der Waals surface area (Å²) in [5.74, 6) is 0.0917. The van der Waals surface area contributed by atoms with E-state index in [0.717, 1.165) is 33.9 Å². The molecule has 2 aromatic carbocycles. The van der Waals surface area contributed by atoms with Crippen LogP contribution in [0.25, 0.3) is 23.0 Å². The highest BCUT2D eigenvalue weighted by atomic mass is 32.2. The largest absolute Gasteiger partial charge is 0.379 e. The van der Waals surface area contributed by atoms with Gasteiger partial charge in [-0.3, -0.25) is 14.5 Å². The second kappa shape index (κ2) is 14.1. The van der Waals surface area contributed by atoms with E-state index in [1.54, 1.807) is 17.7 Å². The van der Waals surface area contributed by atoms with Crippen molar-refractivity contribution in [2.24, 2.45) is 0 Å². The first-order valence-electron chi connectivity index (χ1n) is 14.0. The number of thioether (sulfide) groups is 1. The highest BCUT2D eigenvalue weighted by molar-refractivity contribution is 7.99. The lowest BCUT2D eigenvalue weighted by Crippen LogP contribution is -2.43. The number of aromatic nitrogens is 2. The van der Waals surface area contributed by atoms with Gasteiger partial charge in [-0.25, -0.2) is 4.68 Å². The Kier molecular flexibility index (Phi) is 10.3. The van der Waals surface area contributed by atoms with Crippen LogP contribution in [0.15, 0.2) is 82.4 Å². The zero-order chi connectivity index (χ0) is 29.4. The lowest BCUT2D eigenvalue weighted by molar-refractivity contribution is -0.140. The van der Waals surface area contributed by atoms with E-state index < -0.39 is 11.8 Å². The number of rotatable bonds is 12. The fourth-order valence-corrected chi connectivity index (χ4v) is 5.50. The maximum atomic E-state index is 13.7. The summed E-state index contributed by atoms with van der Waals surface area (Å²) in [5.41, 5.74) is 3.88. The third kappa shape index (κ3) is 7.24. The molecule has 2 heterocycles. The molecule has 1 aromatic heterocycles. The second-order valence-corrected chi connectivity index (χ2v) is 11.3. The van der Waals surface area contributed by atoms with Crippen LogP contribution in [-0.2, 0) is 14.3 Å². The molecule has 0 saturated carbocycles. The molecule has 0 aliphatic carbocycles. The van der Waals surface area contributed by atoms with Gasteiger partial charge >= 0.3 is 0 Å². The molecule has 4 rings (SSSR count). The van der Waals surface area contributed by atoms with Crippen molar-refractivity contribution in [2.75, 3.05) is 18.9 Å². The highest BCUT2D eigenvalue weighted by Gasteiger charge is 2.35. The van der Waals surface area contributed by atoms with Crippen LogP contribution < -0.4 is 0 Å². The van der Waals surface area contributed by atoms with Gasteiger partial charge in [0.2, 0.25) is 0 Å². The molecular weight excluding hydrogens is 532 g/mol. The number of hydrogen-bond acceptors (Lipinski definition) is 6. The molecule has 3 aromatic rings. The van der Waals surface area contributed by atoms with Crippen molar-refractivity contribution < 1.29 is 14.3 Å². The smallest absolute Gasteiger partial charge is 0.271 e. The van der Waals surface area contributed by atoms with Crippen LogP contribution in [-0.4, -0.2) is 51.5 Å². The number of unbranched alkanes of at least 4 members (excludes halogenated alkanes) is 1. The summed E-state index contributed by atoms with van der Waals surface area (Å²) in [6, 6.07) is 20.1. The average molecular weight is 569 g/mol. The maximum absolute atomic E-state index is 13.7. The third-order valence-corrected chi connectivity index (χ3v) is 7.86. The predicted molar refractivity (Wildman–Crippen MR) is 163 cm³/mol. The van der Waals surface area contributed by atoms with Crippen molar-refractivity contribution in [3.8, 4) is 23.0 Å². The Balaban J connectivity index is 1.74. The number of para-hydroxylation sites is 1. The summed E-state index contributed by atoms with van der Waals surface area (Å²) >= 11 is 1.83. The van der Waals surface area contributed by atoms with Crippen LogP contribution in [0, 0.1) is 11.3 Å². The van der Waals surface area contributed by atoms with Crippen LogP contribution in [0.1, 0.15) is 52.5 Å². The Bertz CT molecular complexity index is 1480. The normalized spacial score (nSPS) is 14.8. The van der Waals surface area contributed by atoms with E-state index in [4.69, 9.17) is 9.84 Å². The van der Waals surface area contributed by atoms with Crippen molar-refractivity contribution in [3.05, 3.63) is 83.1 Å². The van der Waals surface area contributed by atoms with Gasteiger partial charge in [-0.1, -0.05) is 43.7 Å². The number of ether oxygens (including phenoxy) is 1. The van der Waals surface area contributed by atoms with Gasteiger partial charge in [-0.05, 0) is 75.3 Å². The molecule has 0 unspecified atom stereocenters. The predicted octanol–water partition coefficient (Wildman–Crippen LogP) is 6.84. The van der Waals surface area contributed by atoms with Gasteiger partial charge in [0.1, 0.15) is 11.6 Å². The molecule has 0 atom stereocenters. The summed E-state index contributed by atoms with van der Waals surface area (Å²) in [7, 11) is 0. The number of hydrogen-bond donors (Lipinski definition) is 0. The highest BCUT2D eigenvalue weighted by Crippen LogP contribution is 2.32. The van der Waals surface area contributed by atoms with Crippen molar-refractivity contribution >= 4 is 29.7 Å². The van der Waals surface area contributed by atoms with Gasteiger partial charge in [-0.15, -0.1) is 11.8 Å². The van der Waals surface area contributed by atoms with Crippen LogP contribution in [0.5, 0.6) is 0 Å². The van der Waals surface area contributed by atoms with Gasteiger partial charge in [0.15, 0.2) is 0 Å². The Hall–Kier alpha value is -3.93. The molecule has 1 aliphatic rings. The van der Waals surface area contributed by atoms with Gasteiger partial charge in [0, 0.05) is 40.9 Å². The minimum absolute atomic E-state index is 0.0221. The van der Waals surface area contributed by atoms with Crippen molar-refractivity contribution in [3.63, 3.8) is 0 Å². The fraction of sp³-hybridized carbons (Fsp3) is 0.333. The number of nitrogens with zero attached hydrogens (tertiary/aromatic N) is 4. The molecule has 41 heavy (non-hydrogen) atoms. The van der Waals surface area contributed by atoms with E-state index in [1.807, 2.05) is 80.3 Å². The number of nitriles is 1. The van der Waals surface area contributed by atoms with Crippen molar-refractivity contribution in [2.45, 2.75) is 58.0 Å². The lowest BCUT2D eigenvalue weighted by atomic mass is 9.93. The quantitative estimate of drug-likeness (QED) is 0.103. The Morgan fingerprint density at radius 3 is 2.44 bits per heavy atom. The third-order valence-electron chi connectivity index (χ3n) is 6.76. The van der Waals surface area contributed by atoms with Gasteiger partial charge in [0.25, 0.3) is 11.8 Å². The van der Waals surface area contributed by atoms with Gasteiger partial charge in [0.05, 0.1) is 17.5 Å². The van der Waals surface area contributed by atoms with Crippen molar-refractivity contribution in [1.82, 2.24) is 14.7 Å². The fourth-order valence-electron chi connectivity index (χ4n) is 4.50. The topological polar surface area (TPSA) is 88.2 Å². The summed E-state index contributed by atoms with van der Waals surface area (Å²) in [5, 5.41) is 14.7. The molecule has 2 amide bonds. The number of imide groups is 1. The molecule has 0 N–H and O–H groups in total. The van der Waals surface area contributed by atoms with E-state index in [2.05, 4.69) is 19.1 Å². The molecule has 0 spiro atoms. The van der Waals surface area contributed by atoms with E-state index in [1.165, 1.54) is 11.3 Å². The van der Waals surface area contributed by atoms with Crippen LogP contribution in [0.3, 0.4) is 0 Å². The van der Waals surface area contributed by atoms with Crippen molar-refractivity contribution in [1.29, 1.82) is 5.26 Å². The van der Waals surface area contributed by atoms with Gasteiger partial charge in [-0.2, -0.15) is 10.4 Å².